The Hall–Kier alpha value is -1.33. The van der Waals surface area contributed by atoms with Crippen molar-refractivity contribution in [2.24, 2.45) is 0 Å². The van der Waals surface area contributed by atoms with Crippen LogP contribution >= 0.6 is 11.6 Å². The number of hydrogen-bond acceptors (Lipinski definition) is 4. The standard InChI is InChI=1S/C11H13ClN4O/c12-7-9-8-17-6-5-15(9)11-10-1-2-14-16(10)4-3-13-11/h1-4,9H,5-8H2. The number of ether oxygens (including phenoxy) is 1. The number of fused-ring (bicyclic) bond motifs is 1. The average molecular weight is 253 g/mol. The summed E-state index contributed by atoms with van der Waals surface area (Å²) in [5, 5.41) is 4.21. The van der Waals surface area contributed by atoms with E-state index in [1.807, 2.05) is 16.8 Å². The van der Waals surface area contributed by atoms with Gasteiger partial charge in [0.2, 0.25) is 0 Å². The van der Waals surface area contributed by atoms with Gasteiger partial charge in [-0.1, -0.05) is 0 Å². The van der Waals surface area contributed by atoms with Crippen LogP contribution < -0.4 is 4.90 Å². The molecule has 0 saturated carbocycles. The molecule has 0 aromatic carbocycles. The third-order valence-electron chi connectivity index (χ3n) is 2.98. The van der Waals surface area contributed by atoms with Crippen molar-refractivity contribution in [1.82, 2.24) is 14.6 Å². The van der Waals surface area contributed by atoms with Crippen molar-refractivity contribution in [3.8, 4) is 0 Å². The summed E-state index contributed by atoms with van der Waals surface area (Å²) in [5.74, 6) is 1.47. The molecule has 0 aliphatic carbocycles. The van der Waals surface area contributed by atoms with Crippen molar-refractivity contribution >= 4 is 22.9 Å². The van der Waals surface area contributed by atoms with Crippen molar-refractivity contribution in [2.45, 2.75) is 6.04 Å². The molecule has 2 aromatic rings. The highest BCUT2D eigenvalue weighted by Crippen LogP contribution is 2.22. The van der Waals surface area contributed by atoms with E-state index in [9.17, 15) is 0 Å². The Balaban J connectivity index is 2.04. The van der Waals surface area contributed by atoms with Gasteiger partial charge in [-0.05, 0) is 6.07 Å². The summed E-state index contributed by atoms with van der Waals surface area (Å²) in [6.07, 6.45) is 5.38. The molecule has 5 nitrogen and oxygen atoms in total. The van der Waals surface area contributed by atoms with Crippen LogP contribution in [0.2, 0.25) is 0 Å². The minimum atomic E-state index is 0.180. The third-order valence-corrected chi connectivity index (χ3v) is 3.34. The molecule has 3 heterocycles. The zero-order valence-corrected chi connectivity index (χ0v) is 10.0. The molecule has 1 aliphatic rings. The van der Waals surface area contributed by atoms with Gasteiger partial charge < -0.3 is 9.64 Å². The maximum atomic E-state index is 5.98. The minimum Gasteiger partial charge on any atom is -0.377 e. The number of anilines is 1. The lowest BCUT2D eigenvalue weighted by Gasteiger charge is -2.35. The fourth-order valence-corrected chi connectivity index (χ4v) is 2.38. The molecule has 90 valence electrons. The summed E-state index contributed by atoms with van der Waals surface area (Å²) >= 11 is 5.98. The lowest BCUT2D eigenvalue weighted by atomic mass is 10.2. The molecule has 0 spiro atoms. The van der Waals surface area contributed by atoms with E-state index >= 15 is 0 Å². The lowest BCUT2D eigenvalue weighted by molar-refractivity contribution is 0.0995. The average Bonchev–Trinajstić information content (AvgIpc) is 2.86. The number of hydrogen-bond donors (Lipinski definition) is 0. The van der Waals surface area contributed by atoms with Gasteiger partial charge in [-0.25, -0.2) is 9.50 Å². The molecule has 1 atom stereocenters. The number of nitrogens with zero attached hydrogens (tertiary/aromatic N) is 4. The highest BCUT2D eigenvalue weighted by atomic mass is 35.5. The van der Waals surface area contributed by atoms with Crippen LogP contribution in [0.5, 0.6) is 0 Å². The summed E-state index contributed by atoms with van der Waals surface area (Å²) in [4.78, 5) is 6.65. The van der Waals surface area contributed by atoms with Gasteiger partial charge in [-0.15, -0.1) is 11.6 Å². The van der Waals surface area contributed by atoms with Gasteiger partial charge in [-0.3, -0.25) is 0 Å². The fourth-order valence-electron chi connectivity index (χ4n) is 2.13. The smallest absolute Gasteiger partial charge is 0.155 e. The normalized spacial score (nSPS) is 21.0. The summed E-state index contributed by atoms with van der Waals surface area (Å²) in [5.41, 5.74) is 1.00. The number of alkyl halides is 1. The first-order chi connectivity index (χ1) is 8.40. The number of rotatable bonds is 2. The first-order valence-corrected chi connectivity index (χ1v) is 6.12. The van der Waals surface area contributed by atoms with Crippen molar-refractivity contribution in [3.05, 3.63) is 24.7 Å². The summed E-state index contributed by atoms with van der Waals surface area (Å²) in [7, 11) is 0. The second-order valence-electron chi connectivity index (χ2n) is 3.99. The van der Waals surface area contributed by atoms with Gasteiger partial charge in [-0.2, -0.15) is 5.10 Å². The Morgan fingerprint density at radius 3 is 3.29 bits per heavy atom. The van der Waals surface area contributed by atoms with Gasteiger partial charge in [0.05, 0.1) is 25.5 Å². The van der Waals surface area contributed by atoms with Crippen LogP contribution in [0.1, 0.15) is 0 Å². The molecule has 1 saturated heterocycles. The summed E-state index contributed by atoms with van der Waals surface area (Å²) < 4.78 is 7.26. The first-order valence-electron chi connectivity index (χ1n) is 5.59. The Kier molecular flexibility index (Phi) is 2.86. The molecule has 1 fully saturated rings. The summed E-state index contributed by atoms with van der Waals surface area (Å²) in [6.45, 7) is 2.18. The Morgan fingerprint density at radius 1 is 1.47 bits per heavy atom. The SMILES string of the molecule is ClCC1COCCN1c1nccn2nccc12. The van der Waals surface area contributed by atoms with E-state index in [1.165, 1.54) is 0 Å². The molecule has 6 heteroatoms. The molecule has 2 aromatic heterocycles. The number of aromatic nitrogens is 3. The zero-order chi connectivity index (χ0) is 11.7. The number of morpholine rings is 1. The molecular formula is C11H13ClN4O. The van der Waals surface area contributed by atoms with E-state index in [4.69, 9.17) is 16.3 Å². The maximum absolute atomic E-state index is 5.98. The maximum Gasteiger partial charge on any atom is 0.155 e. The Labute approximate surface area is 104 Å². The monoisotopic (exact) mass is 252 g/mol. The minimum absolute atomic E-state index is 0.180. The summed E-state index contributed by atoms with van der Waals surface area (Å²) in [6, 6.07) is 2.14. The van der Waals surface area contributed by atoms with E-state index in [-0.39, 0.29) is 6.04 Å². The third kappa shape index (κ3) is 1.85. The van der Waals surface area contributed by atoms with Crippen LogP contribution in [0, 0.1) is 0 Å². The molecule has 0 radical (unpaired) electrons. The zero-order valence-electron chi connectivity index (χ0n) is 9.29. The Bertz CT molecular complexity index is 515. The topological polar surface area (TPSA) is 42.7 Å². The van der Waals surface area contributed by atoms with E-state index in [2.05, 4.69) is 15.0 Å². The molecule has 1 aliphatic heterocycles. The molecule has 3 rings (SSSR count). The van der Waals surface area contributed by atoms with Crippen LogP contribution in [0.15, 0.2) is 24.7 Å². The van der Waals surface area contributed by atoms with Crippen molar-refractivity contribution in [2.75, 3.05) is 30.5 Å². The largest absolute Gasteiger partial charge is 0.377 e. The molecule has 1 unspecified atom stereocenters. The second-order valence-corrected chi connectivity index (χ2v) is 4.30. The van der Waals surface area contributed by atoms with Gasteiger partial charge in [0.1, 0.15) is 5.52 Å². The van der Waals surface area contributed by atoms with E-state index in [1.54, 1.807) is 12.4 Å². The lowest BCUT2D eigenvalue weighted by Crippen LogP contribution is -2.47. The van der Waals surface area contributed by atoms with Gasteiger partial charge >= 0.3 is 0 Å². The van der Waals surface area contributed by atoms with E-state index < -0.39 is 0 Å². The van der Waals surface area contributed by atoms with Crippen LogP contribution in [-0.2, 0) is 4.74 Å². The van der Waals surface area contributed by atoms with E-state index in [0.29, 0.717) is 19.1 Å². The molecular weight excluding hydrogens is 240 g/mol. The highest BCUT2D eigenvalue weighted by Gasteiger charge is 2.25. The molecule has 0 amide bonds. The van der Waals surface area contributed by atoms with Gasteiger partial charge in [0.15, 0.2) is 5.82 Å². The number of halogens is 1. The Morgan fingerprint density at radius 2 is 2.41 bits per heavy atom. The van der Waals surface area contributed by atoms with Crippen LogP contribution in [0.4, 0.5) is 5.82 Å². The van der Waals surface area contributed by atoms with Crippen molar-refractivity contribution < 1.29 is 4.74 Å². The van der Waals surface area contributed by atoms with E-state index in [0.717, 1.165) is 17.9 Å². The van der Waals surface area contributed by atoms with Crippen LogP contribution in [0.25, 0.3) is 5.52 Å². The molecule has 0 bridgehead atoms. The van der Waals surface area contributed by atoms with Crippen molar-refractivity contribution in [3.63, 3.8) is 0 Å². The van der Waals surface area contributed by atoms with Crippen LogP contribution in [0.3, 0.4) is 0 Å². The predicted octanol–water partition coefficient (Wildman–Crippen LogP) is 1.17. The van der Waals surface area contributed by atoms with Gasteiger partial charge in [0.25, 0.3) is 0 Å². The fraction of sp³-hybridized carbons (Fsp3) is 0.455. The first kappa shape index (κ1) is 10.8. The molecule has 17 heavy (non-hydrogen) atoms. The van der Waals surface area contributed by atoms with Crippen molar-refractivity contribution in [1.29, 1.82) is 0 Å². The van der Waals surface area contributed by atoms with Crippen LogP contribution in [-0.4, -0.2) is 46.3 Å². The van der Waals surface area contributed by atoms with Gasteiger partial charge in [0, 0.05) is 24.8 Å². The highest BCUT2D eigenvalue weighted by molar-refractivity contribution is 6.18. The second kappa shape index (κ2) is 4.50. The molecule has 0 N–H and O–H groups in total. The predicted molar refractivity (Wildman–Crippen MR) is 65.7 cm³/mol. The quantitative estimate of drug-likeness (QED) is 0.753.